The van der Waals surface area contributed by atoms with Crippen molar-refractivity contribution >= 4 is 0 Å². The van der Waals surface area contributed by atoms with Crippen LogP contribution in [0, 0.1) is 23.7 Å². The monoisotopic (exact) mass is 294 g/mol. The van der Waals surface area contributed by atoms with Crippen LogP contribution in [0.3, 0.4) is 0 Å². The van der Waals surface area contributed by atoms with Crippen LogP contribution in [0.4, 0.5) is 0 Å². The molecule has 0 atom stereocenters. The van der Waals surface area contributed by atoms with E-state index in [4.69, 9.17) is 9.47 Å². The van der Waals surface area contributed by atoms with Crippen molar-refractivity contribution in [1.29, 1.82) is 0 Å². The number of rotatable bonds is 4. The second-order valence-corrected chi connectivity index (χ2v) is 4.12. The first-order chi connectivity index (χ1) is 10.8. The van der Waals surface area contributed by atoms with Crippen molar-refractivity contribution in [2.75, 3.05) is 13.2 Å². The molecule has 22 heavy (non-hydrogen) atoms. The van der Waals surface area contributed by atoms with E-state index in [-0.39, 0.29) is 24.7 Å². The van der Waals surface area contributed by atoms with Crippen molar-refractivity contribution in [3.05, 3.63) is 48.5 Å². The van der Waals surface area contributed by atoms with Crippen molar-refractivity contribution in [2.24, 2.45) is 0 Å². The molecule has 2 aromatic rings. The molecule has 4 heteroatoms. The Hall–Kier alpha value is -3.24. The van der Waals surface area contributed by atoms with Crippen LogP contribution in [0.5, 0.6) is 23.0 Å². The molecule has 0 aliphatic carbocycles. The van der Waals surface area contributed by atoms with Gasteiger partial charge in [0.2, 0.25) is 0 Å². The van der Waals surface area contributed by atoms with E-state index in [1.54, 1.807) is 48.5 Å². The van der Waals surface area contributed by atoms with E-state index in [9.17, 15) is 10.2 Å². The normalized spacial score (nSPS) is 8.91. The maximum Gasteiger partial charge on any atom is 0.162 e. The van der Waals surface area contributed by atoms with Crippen molar-refractivity contribution in [1.82, 2.24) is 0 Å². The van der Waals surface area contributed by atoms with Gasteiger partial charge in [-0.3, -0.25) is 0 Å². The summed E-state index contributed by atoms with van der Waals surface area (Å²) >= 11 is 0. The van der Waals surface area contributed by atoms with Gasteiger partial charge in [-0.05, 0) is 47.9 Å². The molecule has 110 valence electrons. The van der Waals surface area contributed by atoms with Crippen molar-refractivity contribution in [3.8, 4) is 46.7 Å². The van der Waals surface area contributed by atoms with Gasteiger partial charge in [0.1, 0.15) is 13.2 Å². The summed E-state index contributed by atoms with van der Waals surface area (Å²) < 4.78 is 10.5. The summed E-state index contributed by atoms with van der Waals surface area (Å²) in [5.74, 6) is 11.6. The van der Waals surface area contributed by atoms with E-state index in [2.05, 4.69) is 23.7 Å². The summed E-state index contributed by atoms with van der Waals surface area (Å²) in [6, 6.07) is 13.3. The molecule has 0 heterocycles. The molecule has 0 saturated heterocycles. The minimum Gasteiger partial charge on any atom is -0.504 e. The second kappa shape index (κ2) is 8.14. The van der Waals surface area contributed by atoms with E-state index in [0.717, 1.165) is 0 Å². The molecule has 2 N–H and O–H groups in total. The Kier molecular flexibility index (Phi) is 5.61. The predicted molar refractivity (Wildman–Crippen MR) is 82.8 cm³/mol. The zero-order chi connectivity index (χ0) is 15.6. The highest BCUT2D eigenvalue weighted by Gasteiger charge is 1.98. The lowest BCUT2D eigenvalue weighted by molar-refractivity contribution is 0.341. The lowest BCUT2D eigenvalue weighted by Gasteiger charge is -2.03. The highest BCUT2D eigenvalue weighted by Crippen LogP contribution is 2.24. The molecule has 0 unspecified atom stereocenters. The third-order valence-electron chi connectivity index (χ3n) is 2.57. The fraction of sp³-hybridized carbons (Fsp3) is 0.111. The highest BCUT2D eigenvalue weighted by molar-refractivity contribution is 5.39. The summed E-state index contributed by atoms with van der Waals surface area (Å²) in [6.07, 6.45) is 0. The van der Waals surface area contributed by atoms with Gasteiger partial charge in [-0.15, -0.1) is 0 Å². The molecule has 0 radical (unpaired) electrons. The lowest BCUT2D eigenvalue weighted by atomic mass is 10.3. The van der Waals surface area contributed by atoms with Crippen LogP contribution in [0.1, 0.15) is 0 Å². The lowest BCUT2D eigenvalue weighted by Crippen LogP contribution is -1.94. The summed E-state index contributed by atoms with van der Waals surface area (Å²) in [7, 11) is 0. The molecule has 0 aromatic heterocycles. The number of ether oxygens (including phenoxy) is 2. The standard InChI is InChI=1S/C18H14O4/c19-15-9-3-5-11-17(15)21-13-7-1-2-8-14-22-18-12-6-4-10-16(18)20/h3-6,9-12,19-20H,13-14H2. The van der Waals surface area contributed by atoms with Gasteiger partial charge in [0.25, 0.3) is 0 Å². The van der Waals surface area contributed by atoms with Crippen LogP contribution in [0.25, 0.3) is 0 Å². The van der Waals surface area contributed by atoms with Gasteiger partial charge in [-0.25, -0.2) is 0 Å². The molecular formula is C18H14O4. The SMILES string of the molecule is Oc1ccccc1OCC#CC#CCOc1ccccc1O. The predicted octanol–water partition coefficient (Wildman–Crippen LogP) is 2.56. The first-order valence-electron chi connectivity index (χ1n) is 6.54. The molecular weight excluding hydrogens is 280 g/mol. The topological polar surface area (TPSA) is 58.9 Å². The molecule has 0 saturated carbocycles. The number of benzene rings is 2. The molecule has 4 nitrogen and oxygen atoms in total. The first-order valence-corrected chi connectivity index (χ1v) is 6.54. The first kappa shape index (κ1) is 15.2. The molecule has 0 spiro atoms. The Balaban J connectivity index is 1.73. The van der Waals surface area contributed by atoms with Crippen molar-refractivity contribution in [2.45, 2.75) is 0 Å². The van der Waals surface area contributed by atoms with E-state index >= 15 is 0 Å². The van der Waals surface area contributed by atoms with E-state index < -0.39 is 0 Å². The largest absolute Gasteiger partial charge is 0.504 e. The average molecular weight is 294 g/mol. The van der Waals surface area contributed by atoms with Crippen molar-refractivity contribution < 1.29 is 19.7 Å². The summed E-state index contributed by atoms with van der Waals surface area (Å²) in [5.41, 5.74) is 0. The number of phenolic OH excluding ortho intramolecular Hbond substituents is 2. The minimum absolute atomic E-state index is 0.0754. The minimum atomic E-state index is 0.0754. The fourth-order valence-corrected chi connectivity index (χ4v) is 1.55. The number of aromatic hydroxyl groups is 2. The number of para-hydroxylation sites is 4. The number of phenols is 2. The Labute approximate surface area is 128 Å². The molecule has 2 aromatic carbocycles. The molecule has 0 aliphatic rings. The van der Waals surface area contributed by atoms with Crippen LogP contribution in [-0.4, -0.2) is 23.4 Å². The fourth-order valence-electron chi connectivity index (χ4n) is 1.55. The van der Waals surface area contributed by atoms with Gasteiger partial charge in [0, 0.05) is 0 Å². The third-order valence-corrected chi connectivity index (χ3v) is 2.57. The Morgan fingerprint density at radius 3 is 1.50 bits per heavy atom. The zero-order valence-corrected chi connectivity index (χ0v) is 11.7. The molecule has 0 bridgehead atoms. The quantitative estimate of drug-likeness (QED) is 0.851. The molecule has 2 rings (SSSR count). The number of hydrogen-bond donors (Lipinski definition) is 2. The van der Waals surface area contributed by atoms with Crippen LogP contribution in [0.15, 0.2) is 48.5 Å². The van der Waals surface area contributed by atoms with Crippen LogP contribution < -0.4 is 9.47 Å². The molecule has 0 fully saturated rings. The highest BCUT2D eigenvalue weighted by atomic mass is 16.5. The summed E-state index contributed by atoms with van der Waals surface area (Å²) in [4.78, 5) is 0. The van der Waals surface area contributed by atoms with Gasteiger partial charge in [0.15, 0.2) is 23.0 Å². The molecule has 0 amide bonds. The van der Waals surface area contributed by atoms with Gasteiger partial charge in [0.05, 0.1) is 0 Å². The van der Waals surface area contributed by atoms with Gasteiger partial charge >= 0.3 is 0 Å². The van der Waals surface area contributed by atoms with Crippen molar-refractivity contribution in [3.63, 3.8) is 0 Å². The Bertz CT molecular complexity index is 679. The Morgan fingerprint density at radius 2 is 1.09 bits per heavy atom. The van der Waals surface area contributed by atoms with E-state index in [0.29, 0.717) is 11.5 Å². The van der Waals surface area contributed by atoms with Gasteiger partial charge in [-0.1, -0.05) is 24.3 Å². The average Bonchev–Trinajstić information content (AvgIpc) is 2.53. The number of hydrogen-bond acceptors (Lipinski definition) is 4. The smallest absolute Gasteiger partial charge is 0.162 e. The van der Waals surface area contributed by atoms with Crippen LogP contribution >= 0.6 is 0 Å². The van der Waals surface area contributed by atoms with Gasteiger partial charge < -0.3 is 19.7 Å². The zero-order valence-electron chi connectivity index (χ0n) is 11.7. The summed E-state index contributed by atoms with van der Waals surface area (Å²) in [5, 5.41) is 19.0. The molecule has 0 aliphatic heterocycles. The maximum absolute atomic E-state index is 9.48. The van der Waals surface area contributed by atoms with E-state index in [1.807, 2.05) is 0 Å². The van der Waals surface area contributed by atoms with Gasteiger partial charge in [-0.2, -0.15) is 0 Å². The third kappa shape index (κ3) is 4.70. The van der Waals surface area contributed by atoms with E-state index in [1.165, 1.54) is 0 Å². The maximum atomic E-state index is 9.48. The summed E-state index contributed by atoms with van der Waals surface area (Å²) in [6.45, 7) is 0.263. The van der Waals surface area contributed by atoms with Crippen LogP contribution in [-0.2, 0) is 0 Å². The second-order valence-electron chi connectivity index (χ2n) is 4.12. The Morgan fingerprint density at radius 1 is 0.682 bits per heavy atom. The van der Waals surface area contributed by atoms with Crippen LogP contribution in [0.2, 0.25) is 0 Å².